The molecule has 2 aromatic carbocycles. The molecule has 1 aliphatic heterocycles. The number of ether oxygens (including phenoxy) is 1. The Balaban J connectivity index is 1.78. The molecule has 0 aliphatic carbocycles. The Bertz CT molecular complexity index is 807. The van der Waals surface area contributed by atoms with Crippen LogP contribution in [0, 0.1) is 5.92 Å². The van der Waals surface area contributed by atoms with Gasteiger partial charge < -0.3 is 15.0 Å². The predicted octanol–water partition coefficient (Wildman–Crippen LogP) is 3.45. The molecule has 1 saturated heterocycles. The number of benzene rings is 2. The number of rotatable bonds is 7. The molecule has 0 aromatic heterocycles. The van der Waals surface area contributed by atoms with E-state index in [0.717, 1.165) is 16.7 Å². The maximum atomic E-state index is 13.1. The first-order valence-corrected chi connectivity index (χ1v) is 9.83. The number of amides is 2. The fraction of sp³-hybridized carbons (Fsp3) is 0.391. The average Bonchev–Trinajstić information content (AvgIpc) is 2.73. The van der Waals surface area contributed by atoms with Crippen molar-refractivity contribution < 1.29 is 14.3 Å². The maximum absolute atomic E-state index is 13.1. The van der Waals surface area contributed by atoms with Crippen LogP contribution in [0.3, 0.4) is 0 Å². The summed E-state index contributed by atoms with van der Waals surface area (Å²) in [6, 6.07) is 17.6. The number of nitrogens with one attached hydrogen (secondary N) is 1. The highest BCUT2D eigenvalue weighted by molar-refractivity contribution is 5.85. The van der Waals surface area contributed by atoms with Gasteiger partial charge in [0.1, 0.15) is 0 Å². The number of hydrogen-bond acceptors (Lipinski definition) is 3. The zero-order valence-electron chi connectivity index (χ0n) is 16.6. The largest absolute Gasteiger partial charge is 0.380 e. The third kappa shape index (κ3) is 4.42. The van der Waals surface area contributed by atoms with Crippen LogP contribution in [-0.2, 0) is 27.5 Å². The van der Waals surface area contributed by atoms with Gasteiger partial charge in [-0.25, -0.2) is 0 Å². The minimum atomic E-state index is -0.255. The SMILES string of the molecule is CCN1C(=O)CC[C@@H](C(=O)NCc2ccccc2COC)[C@@H]1c1ccccc1. The van der Waals surface area contributed by atoms with Gasteiger partial charge in [-0.1, -0.05) is 54.6 Å². The average molecular weight is 380 g/mol. The minimum Gasteiger partial charge on any atom is -0.380 e. The molecule has 28 heavy (non-hydrogen) atoms. The molecule has 1 N–H and O–H groups in total. The Morgan fingerprint density at radius 2 is 1.79 bits per heavy atom. The summed E-state index contributed by atoms with van der Waals surface area (Å²) in [6.07, 6.45) is 0.982. The minimum absolute atomic E-state index is 0.00739. The van der Waals surface area contributed by atoms with Crippen molar-refractivity contribution in [1.29, 1.82) is 0 Å². The van der Waals surface area contributed by atoms with Crippen molar-refractivity contribution in [3.63, 3.8) is 0 Å². The third-order valence-corrected chi connectivity index (χ3v) is 5.40. The molecule has 0 spiro atoms. The highest BCUT2D eigenvalue weighted by Crippen LogP contribution is 2.36. The highest BCUT2D eigenvalue weighted by atomic mass is 16.5. The van der Waals surface area contributed by atoms with Crippen LogP contribution >= 0.6 is 0 Å². The van der Waals surface area contributed by atoms with Crippen LogP contribution in [0.1, 0.15) is 42.5 Å². The first-order valence-electron chi connectivity index (χ1n) is 9.83. The lowest BCUT2D eigenvalue weighted by molar-refractivity contribution is -0.143. The van der Waals surface area contributed by atoms with Gasteiger partial charge in [0.15, 0.2) is 0 Å². The van der Waals surface area contributed by atoms with Gasteiger partial charge in [-0.15, -0.1) is 0 Å². The van der Waals surface area contributed by atoms with Gasteiger partial charge in [0.2, 0.25) is 11.8 Å². The van der Waals surface area contributed by atoms with Crippen LogP contribution in [0.2, 0.25) is 0 Å². The van der Waals surface area contributed by atoms with E-state index < -0.39 is 0 Å². The fourth-order valence-electron chi connectivity index (χ4n) is 4.00. The Morgan fingerprint density at radius 3 is 2.46 bits per heavy atom. The molecule has 2 amide bonds. The smallest absolute Gasteiger partial charge is 0.225 e. The molecule has 0 bridgehead atoms. The van der Waals surface area contributed by atoms with Gasteiger partial charge >= 0.3 is 0 Å². The fourth-order valence-corrected chi connectivity index (χ4v) is 4.00. The lowest BCUT2D eigenvalue weighted by Crippen LogP contribution is -2.47. The molecule has 5 nitrogen and oxygen atoms in total. The van der Waals surface area contributed by atoms with Crippen molar-refractivity contribution in [3.05, 3.63) is 71.3 Å². The van der Waals surface area contributed by atoms with E-state index in [9.17, 15) is 9.59 Å². The number of nitrogens with zero attached hydrogens (tertiary/aromatic N) is 1. The van der Waals surface area contributed by atoms with Gasteiger partial charge in [-0.05, 0) is 30.0 Å². The molecule has 3 rings (SSSR count). The quantitative estimate of drug-likeness (QED) is 0.800. The topological polar surface area (TPSA) is 58.6 Å². The summed E-state index contributed by atoms with van der Waals surface area (Å²) < 4.78 is 5.25. The summed E-state index contributed by atoms with van der Waals surface area (Å²) in [4.78, 5) is 27.4. The van der Waals surface area contributed by atoms with Crippen molar-refractivity contribution in [2.45, 2.75) is 39.0 Å². The molecule has 2 aromatic rings. The lowest BCUT2D eigenvalue weighted by Gasteiger charge is -2.40. The van der Waals surface area contributed by atoms with Gasteiger partial charge in [0.25, 0.3) is 0 Å². The van der Waals surface area contributed by atoms with E-state index in [2.05, 4.69) is 5.32 Å². The van der Waals surface area contributed by atoms with E-state index in [0.29, 0.717) is 32.5 Å². The van der Waals surface area contributed by atoms with Gasteiger partial charge in [0.05, 0.1) is 18.6 Å². The van der Waals surface area contributed by atoms with E-state index in [-0.39, 0.29) is 23.8 Å². The number of hydrogen-bond donors (Lipinski definition) is 1. The number of methoxy groups -OCH3 is 1. The zero-order valence-corrected chi connectivity index (χ0v) is 16.6. The van der Waals surface area contributed by atoms with E-state index in [1.807, 2.05) is 66.4 Å². The summed E-state index contributed by atoms with van der Waals surface area (Å²) >= 11 is 0. The molecule has 5 heteroatoms. The Hall–Kier alpha value is -2.66. The highest BCUT2D eigenvalue weighted by Gasteiger charge is 2.39. The second-order valence-corrected chi connectivity index (χ2v) is 7.10. The molecule has 148 valence electrons. The molecule has 1 fully saturated rings. The monoisotopic (exact) mass is 380 g/mol. The van der Waals surface area contributed by atoms with E-state index in [1.165, 1.54) is 0 Å². The van der Waals surface area contributed by atoms with Crippen LogP contribution < -0.4 is 5.32 Å². The molecule has 1 heterocycles. The van der Waals surface area contributed by atoms with Crippen molar-refractivity contribution in [1.82, 2.24) is 10.2 Å². The van der Waals surface area contributed by atoms with E-state index in [4.69, 9.17) is 4.74 Å². The van der Waals surface area contributed by atoms with Crippen LogP contribution in [0.25, 0.3) is 0 Å². The number of likely N-dealkylation sites (tertiary alicyclic amines) is 1. The molecule has 2 atom stereocenters. The van der Waals surface area contributed by atoms with Crippen molar-refractivity contribution >= 4 is 11.8 Å². The van der Waals surface area contributed by atoms with Gasteiger partial charge in [0, 0.05) is 26.6 Å². The number of carbonyl (C=O) groups excluding carboxylic acids is 2. The van der Waals surface area contributed by atoms with Crippen LogP contribution in [-0.4, -0.2) is 30.4 Å². The summed E-state index contributed by atoms with van der Waals surface area (Å²) in [6.45, 7) is 3.53. The van der Waals surface area contributed by atoms with Crippen LogP contribution in [0.5, 0.6) is 0 Å². The molecule has 0 unspecified atom stereocenters. The predicted molar refractivity (Wildman–Crippen MR) is 108 cm³/mol. The summed E-state index contributed by atoms with van der Waals surface area (Å²) in [5, 5.41) is 3.09. The molecule has 1 aliphatic rings. The first kappa shape index (κ1) is 20.1. The van der Waals surface area contributed by atoms with Gasteiger partial charge in [-0.3, -0.25) is 9.59 Å². The summed E-state index contributed by atoms with van der Waals surface area (Å²) in [5.41, 5.74) is 3.13. The lowest BCUT2D eigenvalue weighted by atomic mass is 9.83. The number of piperidine rings is 1. The first-order chi connectivity index (χ1) is 13.7. The Morgan fingerprint density at radius 1 is 1.11 bits per heavy atom. The zero-order chi connectivity index (χ0) is 19.9. The second kappa shape index (κ2) is 9.51. The van der Waals surface area contributed by atoms with E-state index in [1.54, 1.807) is 7.11 Å². The Kier molecular flexibility index (Phi) is 6.82. The van der Waals surface area contributed by atoms with E-state index >= 15 is 0 Å². The standard InChI is InChI=1S/C23H28N2O3/c1-3-25-21(26)14-13-20(22(25)17-9-5-4-6-10-17)23(27)24-15-18-11-7-8-12-19(18)16-28-2/h4-12,20,22H,3,13-16H2,1-2H3,(H,24,27)/t20-,22+/m1/s1. The Labute approximate surface area is 166 Å². The normalized spacial score (nSPS) is 19.5. The summed E-state index contributed by atoms with van der Waals surface area (Å²) in [7, 11) is 1.66. The third-order valence-electron chi connectivity index (χ3n) is 5.40. The van der Waals surface area contributed by atoms with Crippen molar-refractivity contribution in [2.24, 2.45) is 5.92 Å². The number of carbonyl (C=O) groups is 2. The molecular formula is C23H28N2O3. The summed E-state index contributed by atoms with van der Waals surface area (Å²) in [5.74, 6) is -0.146. The van der Waals surface area contributed by atoms with Gasteiger partial charge in [-0.2, -0.15) is 0 Å². The van der Waals surface area contributed by atoms with Crippen molar-refractivity contribution in [3.8, 4) is 0 Å². The molecule has 0 saturated carbocycles. The van der Waals surface area contributed by atoms with Crippen LogP contribution in [0.4, 0.5) is 0 Å². The molecule has 0 radical (unpaired) electrons. The second-order valence-electron chi connectivity index (χ2n) is 7.10. The maximum Gasteiger partial charge on any atom is 0.225 e. The molecular weight excluding hydrogens is 352 g/mol. The van der Waals surface area contributed by atoms with Crippen LogP contribution in [0.15, 0.2) is 54.6 Å². The van der Waals surface area contributed by atoms with Crippen molar-refractivity contribution in [2.75, 3.05) is 13.7 Å².